The van der Waals surface area contributed by atoms with Crippen molar-refractivity contribution < 1.29 is 24.5 Å². The molecule has 4 atom stereocenters. The van der Waals surface area contributed by atoms with Crippen LogP contribution in [0, 0.1) is 0 Å². The van der Waals surface area contributed by atoms with Crippen LogP contribution >= 0.6 is 0 Å². The number of amides is 2. The normalized spacial score (nSPS) is 20.5. The molecule has 0 radical (unpaired) electrons. The standard InChI is InChI=1S/C28H31N7O5/c1-3-30-26(38)22-20(36)21(37)28(40-22)35-15-32-19-23(33-24(27(39)29-2)34-25(19)35)31-14-18(16-10-6-4-7-11-16)17-12-8-5-9-13-17/h4-13,15,18,20-22,28,36-37H,3,14H2,1-2H3,(H,29,39)(H,30,38)(H,31,33,34)/t20-,21+,22-,28+/m0/s1. The molecule has 0 aliphatic carbocycles. The summed E-state index contributed by atoms with van der Waals surface area (Å²) in [6.07, 6.45) is -3.99. The van der Waals surface area contributed by atoms with Crippen LogP contribution in [0.25, 0.3) is 11.2 Å². The number of fused-ring (bicyclic) bond motifs is 1. The number of rotatable bonds is 9. The fourth-order valence-corrected chi connectivity index (χ4v) is 4.82. The highest BCUT2D eigenvalue weighted by Gasteiger charge is 2.47. The topological polar surface area (TPSA) is 164 Å². The van der Waals surface area contributed by atoms with Gasteiger partial charge in [0.05, 0.1) is 6.33 Å². The summed E-state index contributed by atoms with van der Waals surface area (Å²) in [4.78, 5) is 38.3. The highest BCUT2D eigenvalue weighted by atomic mass is 16.6. The number of nitrogens with one attached hydrogen (secondary N) is 3. The molecule has 0 saturated carbocycles. The Morgan fingerprint density at radius 1 is 1.00 bits per heavy atom. The summed E-state index contributed by atoms with van der Waals surface area (Å²) in [5.74, 6) is -0.910. The molecule has 2 aromatic carbocycles. The molecule has 3 heterocycles. The number of nitrogens with zero attached hydrogens (tertiary/aromatic N) is 4. The predicted molar refractivity (Wildman–Crippen MR) is 147 cm³/mol. The highest BCUT2D eigenvalue weighted by Crippen LogP contribution is 2.33. The molecule has 0 bridgehead atoms. The van der Waals surface area contributed by atoms with E-state index in [2.05, 4.69) is 55.2 Å². The number of aromatic nitrogens is 4. The third-order valence-corrected chi connectivity index (χ3v) is 6.85. The molecule has 0 unspecified atom stereocenters. The van der Waals surface area contributed by atoms with Crippen molar-refractivity contribution in [3.63, 3.8) is 0 Å². The van der Waals surface area contributed by atoms with Gasteiger partial charge < -0.3 is 30.9 Å². The van der Waals surface area contributed by atoms with E-state index in [0.29, 0.717) is 24.4 Å². The van der Waals surface area contributed by atoms with Crippen LogP contribution in [-0.4, -0.2) is 80.0 Å². The fourth-order valence-electron chi connectivity index (χ4n) is 4.82. The lowest BCUT2D eigenvalue weighted by Gasteiger charge is -2.20. The first-order valence-electron chi connectivity index (χ1n) is 13.0. The van der Waals surface area contributed by atoms with Gasteiger partial charge in [-0.05, 0) is 18.1 Å². The van der Waals surface area contributed by atoms with Crippen LogP contribution in [0.3, 0.4) is 0 Å². The van der Waals surface area contributed by atoms with Gasteiger partial charge >= 0.3 is 0 Å². The van der Waals surface area contributed by atoms with Crippen LogP contribution in [0.5, 0.6) is 0 Å². The van der Waals surface area contributed by atoms with E-state index in [-0.39, 0.29) is 17.4 Å². The molecule has 1 fully saturated rings. The SMILES string of the molecule is CCNC(=O)[C@H]1O[C@@H](n2cnc3c(NCC(c4ccccc4)c4ccccc4)nc(C(=O)NC)nc32)[C@H](O)[C@@H]1O. The number of anilines is 1. The van der Waals surface area contributed by atoms with E-state index < -0.39 is 36.4 Å². The molecule has 12 heteroatoms. The zero-order valence-corrected chi connectivity index (χ0v) is 22.1. The maximum absolute atomic E-state index is 12.6. The molecular formula is C28H31N7O5. The molecule has 0 spiro atoms. The Labute approximate surface area is 230 Å². The number of aliphatic hydroxyl groups excluding tert-OH is 2. The third-order valence-electron chi connectivity index (χ3n) is 6.85. The first kappa shape index (κ1) is 27.2. The minimum atomic E-state index is -1.47. The van der Waals surface area contributed by atoms with Crippen molar-refractivity contribution in [2.24, 2.45) is 0 Å². The summed E-state index contributed by atoms with van der Waals surface area (Å²) < 4.78 is 7.16. The van der Waals surface area contributed by atoms with Crippen LogP contribution in [0.15, 0.2) is 67.0 Å². The molecule has 2 aromatic heterocycles. The average molecular weight is 546 g/mol. The van der Waals surface area contributed by atoms with Crippen LogP contribution in [0.2, 0.25) is 0 Å². The summed E-state index contributed by atoms with van der Waals surface area (Å²) in [6.45, 7) is 2.51. The Morgan fingerprint density at radius 2 is 1.65 bits per heavy atom. The second-order valence-corrected chi connectivity index (χ2v) is 9.38. The lowest BCUT2D eigenvalue weighted by Crippen LogP contribution is -2.42. The molecule has 12 nitrogen and oxygen atoms in total. The van der Waals surface area contributed by atoms with Gasteiger partial charge in [0.15, 0.2) is 29.3 Å². The lowest BCUT2D eigenvalue weighted by atomic mass is 9.91. The number of hydrogen-bond donors (Lipinski definition) is 5. The van der Waals surface area contributed by atoms with Gasteiger partial charge in [0.1, 0.15) is 12.2 Å². The van der Waals surface area contributed by atoms with Crippen molar-refractivity contribution in [2.75, 3.05) is 25.5 Å². The Morgan fingerprint density at radius 3 is 2.25 bits per heavy atom. The molecule has 1 aliphatic rings. The molecule has 208 valence electrons. The van der Waals surface area contributed by atoms with Crippen LogP contribution < -0.4 is 16.0 Å². The van der Waals surface area contributed by atoms with E-state index in [0.717, 1.165) is 11.1 Å². The first-order valence-corrected chi connectivity index (χ1v) is 13.0. The van der Waals surface area contributed by atoms with Gasteiger partial charge in [-0.1, -0.05) is 60.7 Å². The van der Waals surface area contributed by atoms with Gasteiger partial charge in [-0.3, -0.25) is 14.2 Å². The summed E-state index contributed by atoms with van der Waals surface area (Å²) in [5, 5.41) is 29.7. The van der Waals surface area contributed by atoms with E-state index in [1.807, 2.05) is 36.4 Å². The van der Waals surface area contributed by atoms with Crippen LogP contribution in [0.4, 0.5) is 5.82 Å². The van der Waals surface area contributed by atoms with E-state index >= 15 is 0 Å². The van der Waals surface area contributed by atoms with Crippen molar-refractivity contribution in [3.05, 3.63) is 83.9 Å². The van der Waals surface area contributed by atoms with Gasteiger partial charge in [-0.2, -0.15) is 0 Å². The van der Waals surface area contributed by atoms with Crippen molar-refractivity contribution in [1.29, 1.82) is 0 Å². The smallest absolute Gasteiger partial charge is 0.288 e. The molecule has 1 saturated heterocycles. The highest BCUT2D eigenvalue weighted by molar-refractivity contribution is 5.94. The third kappa shape index (κ3) is 5.24. The summed E-state index contributed by atoms with van der Waals surface area (Å²) in [5.41, 5.74) is 2.71. The fraction of sp³-hybridized carbons (Fsp3) is 0.321. The van der Waals surface area contributed by atoms with E-state index in [1.165, 1.54) is 17.9 Å². The van der Waals surface area contributed by atoms with Gasteiger partial charge in [0.25, 0.3) is 11.8 Å². The van der Waals surface area contributed by atoms with E-state index in [1.54, 1.807) is 6.92 Å². The van der Waals surface area contributed by atoms with Gasteiger partial charge in [-0.15, -0.1) is 0 Å². The van der Waals surface area contributed by atoms with Crippen LogP contribution in [0.1, 0.15) is 40.8 Å². The quantitative estimate of drug-likeness (QED) is 0.208. The first-order chi connectivity index (χ1) is 19.4. The molecule has 5 rings (SSSR count). The summed E-state index contributed by atoms with van der Waals surface area (Å²) in [6, 6.07) is 20.0. The van der Waals surface area contributed by atoms with Crippen molar-refractivity contribution in [1.82, 2.24) is 30.2 Å². The number of hydrogen-bond acceptors (Lipinski definition) is 9. The van der Waals surface area contributed by atoms with Crippen molar-refractivity contribution in [3.8, 4) is 0 Å². The number of imidazole rings is 1. The molecule has 40 heavy (non-hydrogen) atoms. The molecule has 4 aromatic rings. The maximum atomic E-state index is 12.6. The number of benzene rings is 2. The number of likely N-dealkylation sites (N-methyl/N-ethyl adjacent to an activating group) is 1. The number of aliphatic hydroxyl groups is 2. The Bertz CT molecular complexity index is 1440. The van der Waals surface area contributed by atoms with E-state index in [9.17, 15) is 19.8 Å². The Kier molecular flexibility index (Phi) is 8.01. The second kappa shape index (κ2) is 11.8. The minimum absolute atomic E-state index is 0.0362. The van der Waals surface area contributed by atoms with Crippen molar-refractivity contribution in [2.45, 2.75) is 37.4 Å². The monoisotopic (exact) mass is 545 g/mol. The average Bonchev–Trinajstić information content (AvgIpc) is 3.54. The minimum Gasteiger partial charge on any atom is -0.387 e. The predicted octanol–water partition coefficient (Wildman–Crippen LogP) is 1.19. The van der Waals surface area contributed by atoms with E-state index in [4.69, 9.17) is 4.74 Å². The summed E-state index contributed by atoms with van der Waals surface area (Å²) in [7, 11) is 1.47. The van der Waals surface area contributed by atoms with Gasteiger partial charge in [0, 0.05) is 26.1 Å². The number of carbonyl (C=O) groups excluding carboxylic acids is 2. The second-order valence-electron chi connectivity index (χ2n) is 9.38. The number of ether oxygens (including phenoxy) is 1. The maximum Gasteiger partial charge on any atom is 0.288 e. The molecule has 2 amide bonds. The zero-order chi connectivity index (χ0) is 28.2. The molecular weight excluding hydrogens is 514 g/mol. The van der Waals surface area contributed by atoms with Crippen LogP contribution in [-0.2, 0) is 9.53 Å². The van der Waals surface area contributed by atoms with Gasteiger partial charge in [-0.25, -0.2) is 15.0 Å². The summed E-state index contributed by atoms with van der Waals surface area (Å²) >= 11 is 0. The zero-order valence-electron chi connectivity index (χ0n) is 22.1. The molecule has 5 N–H and O–H groups in total. The number of carbonyl (C=O) groups is 2. The Hall–Kier alpha value is -4.39. The largest absolute Gasteiger partial charge is 0.387 e. The van der Waals surface area contributed by atoms with Crippen molar-refractivity contribution >= 4 is 28.8 Å². The van der Waals surface area contributed by atoms with Gasteiger partial charge in [0.2, 0.25) is 5.82 Å². The Balaban J connectivity index is 1.51. The lowest BCUT2D eigenvalue weighted by molar-refractivity contribution is -0.137. The molecule has 1 aliphatic heterocycles.